The number of amides is 1. The third-order valence-corrected chi connectivity index (χ3v) is 5.30. The molecule has 0 unspecified atom stereocenters. The van der Waals surface area contributed by atoms with Crippen molar-refractivity contribution in [3.8, 4) is 5.75 Å². The number of ether oxygens (including phenoxy) is 1. The molecule has 0 saturated carbocycles. The van der Waals surface area contributed by atoms with E-state index in [2.05, 4.69) is 15.5 Å². The van der Waals surface area contributed by atoms with Crippen LogP contribution < -0.4 is 10.1 Å². The minimum absolute atomic E-state index is 0.116. The van der Waals surface area contributed by atoms with Crippen molar-refractivity contribution in [2.45, 2.75) is 9.59 Å². The number of benzene rings is 2. The first kappa shape index (κ1) is 16.5. The highest BCUT2D eigenvalue weighted by Gasteiger charge is 2.23. The second-order valence-corrected chi connectivity index (χ2v) is 7.02. The highest BCUT2D eigenvalue weighted by molar-refractivity contribution is 8.01. The number of thioether (sulfide) groups is 1. The summed E-state index contributed by atoms with van der Waals surface area (Å²) in [5.74, 6) is 0.579. The number of carbonyl (C=O) groups is 1. The predicted molar refractivity (Wildman–Crippen MR) is 96.6 cm³/mol. The van der Waals surface area contributed by atoms with Gasteiger partial charge >= 0.3 is 0 Å². The van der Waals surface area contributed by atoms with E-state index in [1.807, 2.05) is 48.5 Å². The van der Waals surface area contributed by atoms with Crippen LogP contribution in [0.3, 0.4) is 0 Å². The van der Waals surface area contributed by atoms with Crippen molar-refractivity contribution in [3.63, 3.8) is 0 Å². The number of methoxy groups -OCH3 is 1. The number of anilines is 1. The van der Waals surface area contributed by atoms with Crippen molar-refractivity contribution in [1.82, 2.24) is 10.2 Å². The summed E-state index contributed by atoms with van der Waals surface area (Å²) in [4.78, 5) is 12.8. The number of nitrogens with zero attached hydrogens (tertiary/aromatic N) is 2. The zero-order valence-electron chi connectivity index (χ0n) is 12.9. The molecule has 0 spiro atoms. The van der Waals surface area contributed by atoms with Crippen LogP contribution in [-0.4, -0.2) is 23.2 Å². The Morgan fingerprint density at radius 1 is 1.21 bits per heavy atom. The van der Waals surface area contributed by atoms with Gasteiger partial charge in [0.15, 0.2) is 4.34 Å². The van der Waals surface area contributed by atoms with Crippen molar-refractivity contribution >= 4 is 34.7 Å². The standard InChI is InChI=1S/C17H15N3O2S2/c1-22-14-9-5-8-13(10-14)19-16(21)15(12-6-3-2-4-7-12)24-17-20-18-11-23-17/h2-11,15H,1H3,(H,19,21)/t15-/m1/s1. The topological polar surface area (TPSA) is 64.1 Å². The lowest BCUT2D eigenvalue weighted by atomic mass is 10.1. The SMILES string of the molecule is COc1cccc(NC(=O)[C@H](Sc2nncs2)c2ccccc2)c1. The van der Waals surface area contributed by atoms with E-state index in [-0.39, 0.29) is 5.91 Å². The zero-order chi connectivity index (χ0) is 16.8. The Morgan fingerprint density at radius 2 is 2.04 bits per heavy atom. The van der Waals surface area contributed by atoms with Gasteiger partial charge in [-0.15, -0.1) is 10.2 Å². The summed E-state index contributed by atoms with van der Waals surface area (Å²) >= 11 is 2.80. The molecule has 0 bridgehead atoms. The van der Waals surface area contributed by atoms with Gasteiger partial charge in [-0.2, -0.15) is 0 Å². The molecular weight excluding hydrogens is 342 g/mol. The predicted octanol–water partition coefficient (Wildman–Crippen LogP) is 4.02. The third-order valence-electron chi connectivity index (χ3n) is 3.24. The fourth-order valence-electron chi connectivity index (χ4n) is 2.12. The smallest absolute Gasteiger partial charge is 0.242 e. The zero-order valence-corrected chi connectivity index (χ0v) is 14.5. The Morgan fingerprint density at radius 3 is 2.75 bits per heavy atom. The summed E-state index contributed by atoms with van der Waals surface area (Å²) in [5, 5.41) is 10.4. The number of hydrogen-bond donors (Lipinski definition) is 1. The molecule has 24 heavy (non-hydrogen) atoms. The van der Waals surface area contributed by atoms with Gasteiger partial charge in [-0.1, -0.05) is 59.5 Å². The highest BCUT2D eigenvalue weighted by atomic mass is 32.2. The second kappa shape index (κ2) is 7.94. The van der Waals surface area contributed by atoms with E-state index in [4.69, 9.17) is 4.74 Å². The van der Waals surface area contributed by atoms with Crippen LogP contribution in [-0.2, 0) is 4.79 Å². The van der Waals surface area contributed by atoms with Gasteiger partial charge in [0.1, 0.15) is 16.5 Å². The molecule has 0 radical (unpaired) electrons. The van der Waals surface area contributed by atoms with Gasteiger partial charge < -0.3 is 10.1 Å². The molecule has 1 amide bonds. The molecule has 0 fully saturated rings. The molecule has 1 atom stereocenters. The van der Waals surface area contributed by atoms with Crippen LogP contribution in [0.2, 0.25) is 0 Å². The van der Waals surface area contributed by atoms with Crippen molar-refractivity contribution in [2.24, 2.45) is 0 Å². The largest absolute Gasteiger partial charge is 0.497 e. The lowest BCUT2D eigenvalue weighted by molar-refractivity contribution is -0.115. The van der Waals surface area contributed by atoms with Gasteiger partial charge in [-0.25, -0.2) is 0 Å². The van der Waals surface area contributed by atoms with Crippen LogP contribution in [0.15, 0.2) is 64.4 Å². The minimum atomic E-state index is -0.412. The molecule has 7 heteroatoms. The molecule has 0 saturated heterocycles. The second-order valence-electron chi connectivity index (χ2n) is 4.83. The molecular formula is C17H15N3O2S2. The quantitative estimate of drug-likeness (QED) is 0.675. The summed E-state index contributed by atoms with van der Waals surface area (Å²) in [6, 6.07) is 16.9. The number of nitrogens with one attached hydrogen (secondary N) is 1. The first-order valence-electron chi connectivity index (χ1n) is 7.19. The molecule has 3 aromatic rings. The van der Waals surface area contributed by atoms with Gasteiger partial charge in [-0.05, 0) is 17.7 Å². The number of aromatic nitrogens is 2. The Bertz CT molecular complexity index is 795. The Labute approximate surface area is 148 Å². The highest BCUT2D eigenvalue weighted by Crippen LogP contribution is 2.36. The van der Waals surface area contributed by atoms with Gasteiger partial charge in [-0.3, -0.25) is 4.79 Å². The van der Waals surface area contributed by atoms with Crippen LogP contribution >= 0.6 is 23.1 Å². The van der Waals surface area contributed by atoms with E-state index < -0.39 is 5.25 Å². The Kier molecular flexibility index (Phi) is 5.45. The molecule has 1 heterocycles. The molecule has 3 rings (SSSR count). The first-order valence-corrected chi connectivity index (χ1v) is 8.95. The average molecular weight is 357 g/mol. The van der Waals surface area contributed by atoms with Crippen molar-refractivity contribution in [3.05, 3.63) is 65.7 Å². The maximum absolute atomic E-state index is 12.8. The molecule has 0 aliphatic rings. The fraction of sp³-hybridized carbons (Fsp3) is 0.118. The van der Waals surface area contributed by atoms with Crippen molar-refractivity contribution in [2.75, 3.05) is 12.4 Å². The summed E-state index contributed by atoms with van der Waals surface area (Å²) in [6.45, 7) is 0. The number of hydrogen-bond acceptors (Lipinski definition) is 6. The summed E-state index contributed by atoms with van der Waals surface area (Å²) < 4.78 is 5.95. The van der Waals surface area contributed by atoms with Crippen LogP contribution in [0.25, 0.3) is 0 Å². The van der Waals surface area contributed by atoms with Gasteiger partial charge in [0, 0.05) is 11.8 Å². The Hall–Kier alpha value is -2.38. The van der Waals surface area contributed by atoms with E-state index in [0.717, 1.165) is 9.90 Å². The first-order chi connectivity index (χ1) is 11.8. The van der Waals surface area contributed by atoms with Crippen molar-refractivity contribution < 1.29 is 9.53 Å². The van der Waals surface area contributed by atoms with Crippen LogP contribution in [0.5, 0.6) is 5.75 Å². The van der Waals surface area contributed by atoms with E-state index in [1.165, 1.54) is 23.1 Å². The van der Waals surface area contributed by atoms with E-state index in [1.54, 1.807) is 18.7 Å². The van der Waals surface area contributed by atoms with Crippen LogP contribution in [0.1, 0.15) is 10.8 Å². The number of rotatable bonds is 6. The molecule has 1 aromatic heterocycles. The van der Waals surface area contributed by atoms with Gasteiger partial charge in [0.2, 0.25) is 5.91 Å². The number of carbonyl (C=O) groups excluding carboxylic acids is 1. The lowest BCUT2D eigenvalue weighted by Crippen LogP contribution is -2.19. The summed E-state index contributed by atoms with van der Waals surface area (Å²) in [6.07, 6.45) is 0. The van der Waals surface area contributed by atoms with Crippen molar-refractivity contribution in [1.29, 1.82) is 0 Å². The van der Waals surface area contributed by atoms with E-state index in [9.17, 15) is 4.79 Å². The Balaban J connectivity index is 1.82. The minimum Gasteiger partial charge on any atom is -0.497 e. The van der Waals surface area contributed by atoms with Gasteiger partial charge in [0.25, 0.3) is 0 Å². The van der Waals surface area contributed by atoms with Crippen LogP contribution in [0, 0.1) is 0 Å². The molecule has 1 N–H and O–H groups in total. The summed E-state index contributed by atoms with van der Waals surface area (Å²) in [5.41, 5.74) is 3.26. The molecule has 2 aromatic carbocycles. The molecule has 0 aliphatic carbocycles. The molecule has 5 nitrogen and oxygen atoms in total. The lowest BCUT2D eigenvalue weighted by Gasteiger charge is -2.16. The third kappa shape index (κ3) is 4.12. The summed E-state index contributed by atoms with van der Waals surface area (Å²) in [7, 11) is 1.60. The average Bonchev–Trinajstić information content (AvgIpc) is 3.14. The molecule has 0 aliphatic heterocycles. The maximum Gasteiger partial charge on any atom is 0.242 e. The fourth-order valence-corrected chi connectivity index (χ4v) is 3.80. The monoisotopic (exact) mass is 357 g/mol. The van der Waals surface area contributed by atoms with E-state index in [0.29, 0.717) is 11.4 Å². The maximum atomic E-state index is 12.8. The van der Waals surface area contributed by atoms with Crippen LogP contribution in [0.4, 0.5) is 5.69 Å². The van der Waals surface area contributed by atoms with Gasteiger partial charge in [0.05, 0.1) is 7.11 Å². The normalized spacial score (nSPS) is 11.7. The molecule has 122 valence electrons. The van der Waals surface area contributed by atoms with E-state index >= 15 is 0 Å².